The molecular formula is C15H20ClN6O2S-. The van der Waals surface area contributed by atoms with E-state index in [1.54, 1.807) is 6.20 Å². The number of nitrogens with zero attached hydrogens (tertiary/aromatic N) is 4. The first kappa shape index (κ1) is 18.6. The zero-order chi connectivity index (χ0) is 17.8. The van der Waals surface area contributed by atoms with Gasteiger partial charge in [0.05, 0.1) is 13.3 Å². The number of benzene rings is 1. The maximum atomic E-state index is 11.1. The number of aromatic nitrogens is 1. The molecule has 0 spiro atoms. The van der Waals surface area contributed by atoms with E-state index < -0.39 is 11.6 Å². The van der Waals surface area contributed by atoms with Gasteiger partial charge in [-0.2, -0.15) is 0 Å². The molecule has 0 saturated carbocycles. The minimum absolute atomic E-state index is 0.460. The van der Waals surface area contributed by atoms with Crippen LogP contribution in [0, 0.1) is 10.4 Å². The summed E-state index contributed by atoms with van der Waals surface area (Å²) in [5, 5.41) is 20.8. The molecule has 2 heterocycles. The number of quaternary nitrogens is 1. The minimum atomic E-state index is -1.29. The van der Waals surface area contributed by atoms with Crippen molar-refractivity contribution >= 4 is 22.9 Å². The highest BCUT2D eigenvalue weighted by Gasteiger charge is 2.32. The van der Waals surface area contributed by atoms with E-state index in [9.17, 15) is 10.4 Å². The van der Waals surface area contributed by atoms with Crippen LogP contribution >= 0.6 is 22.9 Å². The summed E-state index contributed by atoms with van der Waals surface area (Å²) >= 11 is 7.31. The zero-order valence-corrected chi connectivity index (χ0v) is 15.3. The minimum Gasteiger partial charge on any atom is -0.612 e. The van der Waals surface area contributed by atoms with E-state index in [2.05, 4.69) is 27.4 Å². The Kier molecular flexibility index (Phi) is 6.34. The van der Waals surface area contributed by atoms with Crippen molar-refractivity contribution in [3.8, 4) is 0 Å². The third-order valence-electron chi connectivity index (χ3n) is 3.95. The first-order valence-electron chi connectivity index (χ1n) is 7.79. The molecule has 10 heteroatoms. The SMILES string of the molecule is CN1CN(Cc2ccccc2)CN(Cc2cnc(Cl)s2)C1N[NH+]([O-])[O-]. The Hall–Kier alpha value is -1.14. The lowest BCUT2D eigenvalue weighted by atomic mass is 10.2. The fraction of sp³-hybridized carbons (Fsp3) is 0.400. The van der Waals surface area contributed by atoms with Crippen LogP contribution in [0.5, 0.6) is 0 Å². The van der Waals surface area contributed by atoms with E-state index in [0.717, 1.165) is 11.4 Å². The summed E-state index contributed by atoms with van der Waals surface area (Å²) in [6.45, 7) is 2.58. The van der Waals surface area contributed by atoms with Gasteiger partial charge in [0.15, 0.2) is 10.8 Å². The van der Waals surface area contributed by atoms with Gasteiger partial charge >= 0.3 is 0 Å². The summed E-state index contributed by atoms with van der Waals surface area (Å²) in [5.74, 6) is 0. The van der Waals surface area contributed by atoms with Crippen molar-refractivity contribution < 1.29 is 5.34 Å². The van der Waals surface area contributed by atoms with Crippen LogP contribution in [-0.2, 0) is 13.1 Å². The number of halogens is 1. The predicted molar refractivity (Wildman–Crippen MR) is 96.8 cm³/mol. The summed E-state index contributed by atoms with van der Waals surface area (Å²) in [6.07, 6.45) is 1.26. The van der Waals surface area contributed by atoms with Crippen LogP contribution in [0.25, 0.3) is 0 Å². The molecule has 0 aliphatic carbocycles. The topological polar surface area (TPSA) is 85.2 Å². The van der Waals surface area contributed by atoms with Gasteiger partial charge in [0.25, 0.3) is 0 Å². The average Bonchev–Trinajstić information content (AvgIpc) is 2.96. The lowest BCUT2D eigenvalue weighted by Crippen LogP contribution is -3.12. The van der Waals surface area contributed by atoms with Gasteiger partial charge in [-0.15, -0.1) is 16.8 Å². The molecule has 0 radical (unpaired) electrons. The maximum Gasteiger partial charge on any atom is 0.183 e. The molecule has 1 fully saturated rings. The fourth-order valence-electron chi connectivity index (χ4n) is 2.99. The number of hydrogen-bond donors (Lipinski definition) is 2. The normalized spacial score (nSPS) is 20.4. The first-order chi connectivity index (χ1) is 12.0. The van der Waals surface area contributed by atoms with Crippen LogP contribution < -0.4 is 10.8 Å². The molecule has 25 heavy (non-hydrogen) atoms. The molecule has 3 rings (SSSR count). The molecule has 1 aliphatic rings. The Balaban J connectivity index is 1.73. The molecule has 1 unspecified atom stereocenters. The highest BCUT2D eigenvalue weighted by atomic mass is 35.5. The molecular weight excluding hydrogens is 364 g/mol. The number of thiazole rings is 1. The van der Waals surface area contributed by atoms with Crippen molar-refractivity contribution in [1.82, 2.24) is 25.1 Å². The van der Waals surface area contributed by atoms with E-state index in [-0.39, 0.29) is 0 Å². The average molecular weight is 384 g/mol. The lowest BCUT2D eigenvalue weighted by Gasteiger charge is -2.48. The Morgan fingerprint density at radius 2 is 2.04 bits per heavy atom. The second kappa shape index (κ2) is 8.49. The van der Waals surface area contributed by atoms with Crippen molar-refractivity contribution in [2.24, 2.45) is 0 Å². The lowest BCUT2D eigenvalue weighted by molar-refractivity contribution is -0.852. The number of nitrogens with one attached hydrogen (secondary N) is 2. The fourth-order valence-corrected chi connectivity index (χ4v) is 4.00. The standard InChI is InChI=1S/C15H20ClN6O2S/c1-19-10-20(8-12-5-3-2-4-6-12)11-21(15(19)18-22(23)24)9-13-7-17-14(16)25-13/h2-7,15,18,22H,8-11H2,1H3/q-1. The van der Waals surface area contributed by atoms with E-state index in [1.165, 1.54) is 16.9 Å². The molecule has 0 amide bonds. The second-order valence-electron chi connectivity index (χ2n) is 5.99. The predicted octanol–water partition coefficient (Wildman–Crippen LogP) is 0.630. The Labute approximate surface area is 155 Å². The van der Waals surface area contributed by atoms with Crippen LogP contribution in [0.1, 0.15) is 10.4 Å². The summed E-state index contributed by atoms with van der Waals surface area (Å²) < 4.78 is 0.478. The maximum absolute atomic E-state index is 11.1. The quantitative estimate of drug-likeness (QED) is 0.707. The van der Waals surface area contributed by atoms with Gasteiger partial charge in [-0.05, 0) is 12.6 Å². The summed E-state index contributed by atoms with van der Waals surface area (Å²) in [5.41, 5.74) is 3.69. The Bertz CT molecular complexity index is 673. The van der Waals surface area contributed by atoms with Crippen molar-refractivity contribution in [2.45, 2.75) is 19.4 Å². The van der Waals surface area contributed by atoms with Crippen LogP contribution in [0.15, 0.2) is 36.5 Å². The summed E-state index contributed by atoms with van der Waals surface area (Å²) in [7, 11) is 1.88. The molecule has 0 bridgehead atoms. The molecule has 136 valence electrons. The molecule has 1 aromatic heterocycles. The third-order valence-corrected chi connectivity index (χ3v) is 5.05. The molecule has 2 aromatic rings. The Morgan fingerprint density at radius 3 is 2.68 bits per heavy atom. The number of rotatable bonds is 6. The largest absolute Gasteiger partial charge is 0.612 e. The smallest absolute Gasteiger partial charge is 0.183 e. The monoisotopic (exact) mass is 383 g/mol. The highest BCUT2D eigenvalue weighted by molar-refractivity contribution is 7.15. The van der Waals surface area contributed by atoms with Crippen molar-refractivity contribution in [3.05, 3.63) is 61.9 Å². The van der Waals surface area contributed by atoms with Gasteiger partial charge in [0, 0.05) is 24.2 Å². The van der Waals surface area contributed by atoms with Crippen LogP contribution in [0.4, 0.5) is 0 Å². The van der Waals surface area contributed by atoms with E-state index in [1.807, 2.05) is 35.0 Å². The molecule has 1 atom stereocenters. The highest BCUT2D eigenvalue weighted by Crippen LogP contribution is 2.22. The van der Waals surface area contributed by atoms with Crippen LogP contribution in [0.2, 0.25) is 4.47 Å². The summed E-state index contributed by atoms with van der Waals surface area (Å²) in [4.78, 5) is 11.2. The van der Waals surface area contributed by atoms with E-state index in [4.69, 9.17) is 11.6 Å². The number of hydrogen-bond acceptors (Lipinski definition) is 8. The molecule has 1 aliphatic heterocycles. The van der Waals surface area contributed by atoms with Crippen molar-refractivity contribution in [2.75, 3.05) is 20.4 Å². The van der Waals surface area contributed by atoms with Crippen molar-refractivity contribution in [3.63, 3.8) is 0 Å². The van der Waals surface area contributed by atoms with Crippen molar-refractivity contribution in [1.29, 1.82) is 0 Å². The van der Waals surface area contributed by atoms with Gasteiger partial charge in [-0.25, -0.2) is 4.98 Å². The van der Waals surface area contributed by atoms with E-state index >= 15 is 0 Å². The van der Waals surface area contributed by atoms with Gasteiger partial charge < -0.3 is 15.8 Å². The van der Waals surface area contributed by atoms with Gasteiger partial charge in [0.2, 0.25) is 0 Å². The molecule has 1 saturated heterocycles. The van der Waals surface area contributed by atoms with Gasteiger partial charge in [0.1, 0.15) is 0 Å². The van der Waals surface area contributed by atoms with Gasteiger partial charge in [-0.3, -0.25) is 14.7 Å². The third kappa shape index (κ3) is 5.17. The van der Waals surface area contributed by atoms with E-state index in [0.29, 0.717) is 24.3 Å². The van der Waals surface area contributed by atoms with Crippen LogP contribution in [-0.4, -0.2) is 46.4 Å². The zero-order valence-electron chi connectivity index (χ0n) is 13.8. The molecule has 1 aromatic carbocycles. The Morgan fingerprint density at radius 1 is 1.28 bits per heavy atom. The van der Waals surface area contributed by atoms with Crippen LogP contribution in [0.3, 0.4) is 0 Å². The molecule has 8 nitrogen and oxygen atoms in total. The first-order valence-corrected chi connectivity index (χ1v) is 8.99. The van der Waals surface area contributed by atoms with Gasteiger partial charge in [-0.1, -0.05) is 41.9 Å². The summed E-state index contributed by atoms with van der Waals surface area (Å²) in [6, 6.07) is 10.2. The molecule has 2 N–H and O–H groups in total. The second-order valence-corrected chi connectivity index (χ2v) is 7.68.